The summed E-state index contributed by atoms with van der Waals surface area (Å²) in [7, 11) is 1.65. The molecule has 4 rings (SSSR count). The minimum absolute atomic E-state index is 0.779. The topological polar surface area (TPSA) is 43.7 Å². The average Bonchev–Trinajstić information content (AvgIpc) is 2.76. The molecule has 2 heterocycles. The van der Waals surface area contributed by atoms with Crippen LogP contribution in [-0.4, -0.2) is 24.4 Å². The van der Waals surface area contributed by atoms with Crippen LogP contribution in [0.1, 0.15) is 24.0 Å². The van der Waals surface area contributed by atoms with E-state index < -0.39 is 0 Å². The molecular weight excluding hydrogens is 348 g/mol. The molecule has 0 bridgehead atoms. The standard InChI is InChI=1S/C24H22N2O2/c1-27-21-9-11-22(12-10-21)28-23-8-2-5-18(16-23)15-19-6-4-14-26-24(19)20-7-3-13-25-17-20/h2-3,5,7-13,15-17H,4,6,14H2,1H3. The third-order valence-corrected chi connectivity index (χ3v) is 4.61. The van der Waals surface area contributed by atoms with Crippen molar-refractivity contribution in [1.29, 1.82) is 0 Å². The molecule has 0 aliphatic carbocycles. The minimum atomic E-state index is 0.779. The number of hydrogen-bond donors (Lipinski definition) is 0. The van der Waals surface area contributed by atoms with Gasteiger partial charge in [0.2, 0.25) is 0 Å². The lowest BCUT2D eigenvalue weighted by Gasteiger charge is -2.16. The van der Waals surface area contributed by atoms with E-state index in [9.17, 15) is 0 Å². The van der Waals surface area contributed by atoms with Gasteiger partial charge in [0, 0.05) is 24.5 Å². The van der Waals surface area contributed by atoms with Gasteiger partial charge >= 0.3 is 0 Å². The molecule has 0 amide bonds. The summed E-state index contributed by atoms with van der Waals surface area (Å²) in [6, 6.07) is 19.7. The van der Waals surface area contributed by atoms with Crippen molar-refractivity contribution in [2.75, 3.05) is 13.7 Å². The van der Waals surface area contributed by atoms with Gasteiger partial charge in [-0.05, 0) is 78.6 Å². The van der Waals surface area contributed by atoms with Crippen LogP contribution < -0.4 is 9.47 Å². The van der Waals surface area contributed by atoms with E-state index in [2.05, 4.69) is 23.2 Å². The number of aliphatic imine (C=N–C) groups is 1. The second-order valence-corrected chi connectivity index (χ2v) is 6.60. The van der Waals surface area contributed by atoms with Crippen LogP contribution in [0.3, 0.4) is 0 Å². The fraction of sp³-hybridized carbons (Fsp3) is 0.167. The summed E-state index contributed by atoms with van der Waals surface area (Å²) in [5.41, 5.74) is 4.44. The first-order valence-electron chi connectivity index (χ1n) is 9.39. The van der Waals surface area contributed by atoms with Gasteiger partial charge in [-0.3, -0.25) is 9.98 Å². The number of benzene rings is 2. The number of pyridine rings is 1. The Labute approximate surface area is 165 Å². The molecule has 0 radical (unpaired) electrons. The van der Waals surface area contributed by atoms with Gasteiger partial charge in [0.15, 0.2) is 0 Å². The number of allylic oxidation sites excluding steroid dienone is 1. The highest BCUT2D eigenvalue weighted by Gasteiger charge is 2.14. The molecule has 3 aromatic rings. The largest absolute Gasteiger partial charge is 0.497 e. The Hall–Kier alpha value is -3.40. The highest BCUT2D eigenvalue weighted by atomic mass is 16.5. The smallest absolute Gasteiger partial charge is 0.128 e. The summed E-state index contributed by atoms with van der Waals surface area (Å²) < 4.78 is 11.2. The molecule has 1 aliphatic rings. The van der Waals surface area contributed by atoms with Gasteiger partial charge in [0.05, 0.1) is 12.8 Å². The van der Waals surface area contributed by atoms with Crippen molar-refractivity contribution >= 4 is 11.8 Å². The fourth-order valence-electron chi connectivity index (χ4n) is 3.25. The quantitative estimate of drug-likeness (QED) is 0.591. The molecule has 0 unspecified atom stereocenters. The third kappa shape index (κ3) is 4.29. The van der Waals surface area contributed by atoms with Crippen molar-refractivity contribution in [2.45, 2.75) is 12.8 Å². The van der Waals surface area contributed by atoms with E-state index in [1.165, 1.54) is 5.57 Å². The van der Waals surface area contributed by atoms with Crippen molar-refractivity contribution in [2.24, 2.45) is 4.99 Å². The predicted molar refractivity (Wildman–Crippen MR) is 112 cm³/mol. The Morgan fingerprint density at radius 2 is 1.79 bits per heavy atom. The second-order valence-electron chi connectivity index (χ2n) is 6.60. The number of methoxy groups -OCH3 is 1. The number of nitrogens with zero attached hydrogens (tertiary/aromatic N) is 2. The minimum Gasteiger partial charge on any atom is -0.497 e. The van der Waals surface area contributed by atoms with Gasteiger partial charge in [-0.1, -0.05) is 12.1 Å². The maximum atomic E-state index is 5.99. The maximum absolute atomic E-state index is 5.99. The molecule has 4 heteroatoms. The molecule has 1 aliphatic heterocycles. The zero-order valence-electron chi connectivity index (χ0n) is 15.8. The molecular formula is C24H22N2O2. The lowest BCUT2D eigenvalue weighted by molar-refractivity contribution is 0.413. The van der Waals surface area contributed by atoms with Crippen molar-refractivity contribution < 1.29 is 9.47 Å². The lowest BCUT2D eigenvalue weighted by atomic mass is 9.95. The Kier molecular flexibility index (Phi) is 5.48. The molecule has 140 valence electrons. The Morgan fingerprint density at radius 3 is 2.57 bits per heavy atom. The van der Waals surface area contributed by atoms with Crippen LogP contribution >= 0.6 is 0 Å². The Balaban J connectivity index is 1.58. The van der Waals surface area contributed by atoms with Crippen molar-refractivity contribution in [1.82, 2.24) is 4.98 Å². The molecule has 0 spiro atoms. The summed E-state index contributed by atoms with van der Waals surface area (Å²) in [6.45, 7) is 0.863. The van der Waals surface area contributed by atoms with Crippen LogP contribution in [0.15, 0.2) is 83.6 Å². The van der Waals surface area contributed by atoms with E-state index in [1.54, 1.807) is 13.3 Å². The first kappa shape index (κ1) is 18.0. The van der Waals surface area contributed by atoms with Gasteiger partial charge in [-0.2, -0.15) is 0 Å². The number of rotatable bonds is 5. The second kappa shape index (κ2) is 8.53. The summed E-state index contributed by atoms with van der Waals surface area (Å²) >= 11 is 0. The number of ether oxygens (including phenoxy) is 2. The van der Waals surface area contributed by atoms with E-state index in [1.807, 2.05) is 54.7 Å². The zero-order valence-corrected chi connectivity index (χ0v) is 15.8. The van der Waals surface area contributed by atoms with E-state index in [0.29, 0.717) is 0 Å². The molecule has 0 saturated carbocycles. The highest BCUT2D eigenvalue weighted by molar-refractivity contribution is 6.15. The summed E-state index contributed by atoms with van der Waals surface area (Å²) in [5.74, 6) is 2.39. The first-order chi connectivity index (χ1) is 13.8. The normalized spacial score (nSPS) is 15.2. The lowest BCUT2D eigenvalue weighted by Crippen LogP contribution is -2.11. The number of aromatic nitrogens is 1. The van der Waals surface area contributed by atoms with E-state index >= 15 is 0 Å². The van der Waals surface area contributed by atoms with Gasteiger partial charge in [-0.15, -0.1) is 0 Å². The fourth-order valence-corrected chi connectivity index (χ4v) is 3.25. The Morgan fingerprint density at radius 1 is 0.929 bits per heavy atom. The van der Waals surface area contributed by atoms with Crippen molar-refractivity contribution in [3.8, 4) is 17.2 Å². The van der Waals surface area contributed by atoms with E-state index in [4.69, 9.17) is 14.5 Å². The number of hydrogen-bond acceptors (Lipinski definition) is 4. The summed E-state index contributed by atoms with van der Waals surface area (Å²) in [5, 5.41) is 0. The molecule has 2 aromatic carbocycles. The first-order valence-corrected chi connectivity index (χ1v) is 9.39. The summed E-state index contributed by atoms with van der Waals surface area (Å²) in [6.07, 6.45) is 7.94. The molecule has 4 nitrogen and oxygen atoms in total. The zero-order chi connectivity index (χ0) is 19.2. The molecule has 0 saturated heterocycles. The van der Waals surface area contributed by atoms with Crippen LogP contribution in [0.4, 0.5) is 0 Å². The van der Waals surface area contributed by atoms with Crippen molar-refractivity contribution in [3.63, 3.8) is 0 Å². The molecule has 1 aromatic heterocycles. The Bertz CT molecular complexity index is 993. The van der Waals surface area contributed by atoms with E-state index in [-0.39, 0.29) is 0 Å². The molecule has 0 fully saturated rings. The third-order valence-electron chi connectivity index (χ3n) is 4.61. The monoisotopic (exact) mass is 370 g/mol. The van der Waals surface area contributed by atoms with Crippen molar-refractivity contribution in [3.05, 3.63) is 89.8 Å². The van der Waals surface area contributed by atoms with E-state index in [0.717, 1.165) is 53.5 Å². The maximum Gasteiger partial charge on any atom is 0.128 e. The van der Waals surface area contributed by atoms with Gasteiger partial charge < -0.3 is 9.47 Å². The SMILES string of the molecule is COc1ccc(Oc2cccc(C=C3CCCN=C3c3cccnc3)c2)cc1. The summed E-state index contributed by atoms with van der Waals surface area (Å²) in [4.78, 5) is 8.99. The molecule has 28 heavy (non-hydrogen) atoms. The predicted octanol–water partition coefficient (Wildman–Crippen LogP) is 5.55. The van der Waals surface area contributed by atoms with Crippen LogP contribution in [0.25, 0.3) is 6.08 Å². The van der Waals surface area contributed by atoms with Gasteiger partial charge in [-0.25, -0.2) is 0 Å². The van der Waals surface area contributed by atoms with Gasteiger partial charge in [0.25, 0.3) is 0 Å². The average molecular weight is 370 g/mol. The van der Waals surface area contributed by atoms with Crippen LogP contribution in [-0.2, 0) is 0 Å². The van der Waals surface area contributed by atoms with Crippen LogP contribution in [0.2, 0.25) is 0 Å². The van der Waals surface area contributed by atoms with Crippen LogP contribution in [0, 0.1) is 0 Å². The molecule has 0 N–H and O–H groups in total. The highest BCUT2D eigenvalue weighted by Crippen LogP contribution is 2.27. The van der Waals surface area contributed by atoms with Gasteiger partial charge in [0.1, 0.15) is 17.2 Å². The van der Waals surface area contributed by atoms with Crippen LogP contribution in [0.5, 0.6) is 17.2 Å². The molecule has 0 atom stereocenters.